The van der Waals surface area contributed by atoms with Crippen molar-refractivity contribution in [1.29, 1.82) is 0 Å². The number of halogens is 1. The summed E-state index contributed by atoms with van der Waals surface area (Å²) in [5, 5.41) is 9.88. The first-order chi connectivity index (χ1) is 7.93. The molecule has 1 N–H and O–H groups in total. The van der Waals surface area contributed by atoms with Gasteiger partial charge in [0, 0.05) is 17.1 Å². The van der Waals surface area contributed by atoms with Gasteiger partial charge in [0.05, 0.1) is 13.8 Å². The van der Waals surface area contributed by atoms with Gasteiger partial charge in [-0.2, -0.15) is 0 Å². The first-order valence-electron chi connectivity index (χ1n) is 5.55. The van der Waals surface area contributed by atoms with Gasteiger partial charge >= 0.3 is 0 Å². The Balaban J connectivity index is 3.36. The minimum absolute atomic E-state index is 0.00708. The molecule has 17 heavy (non-hydrogen) atoms. The predicted octanol–water partition coefficient (Wildman–Crippen LogP) is 2.66. The molecule has 96 valence electrons. The zero-order valence-corrected chi connectivity index (χ0v) is 11.9. The number of methoxy groups -OCH3 is 1. The summed E-state index contributed by atoms with van der Waals surface area (Å²) in [7, 11) is 3.51. The fourth-order valence-electron chi connectivity index (χ4n) is 1.93. The van der Waals surface area contributed by atoms with E-state index in [2.05, 4.69) is 0 Å². The number of aliphatic hydroxyl groups excluding tert-OH is 1. The Morgan fingerprint density at radius 3 is 2.24 bits per heavy atom. The van der Waals surface area contributed by atoms with E-state index in [1.54, 1.807) is 12.0 Å². The minimum Gasteiger partial charge on any atom is -0.496 e. The Hall–Kier alpha value is -0.770. The van der Waals surface area contributed by atoms with Crippen LogP contribution >= 0.6 is 11.6 Å². The van der Waals surface area contributed by atoms with Crippen LogP contribution in [0.5, 0.6) is 5.75 Å². The fourth-order valence-corrected chi connectivity index (χ4v) is 2.19. The number of benzene rings is 1. The van der Waals surface area contributed by atoms with Gasteiger partial charge in [-0.15, -0.1) is 0 Å². The fraction of sp³-hybridized carbons (Fsp3) is 0.538. The first kappa shape index (κ1) is 14.3. The summed E-state index contributed by atoms with van der Waals surface area (Å²) in [4.78, 5) is 1.80. The van der Waals surface area contributed by atoms with Crippen molar-refractivity contribution in [1.82, 2.24) is 4.90 Å². The van der Waals surface area contributed by atoms with Crippen LogP contribution in [0.25, 0.3) is 0 Å². The van der Waals surface area contributed by atoms with Crippen LogP contribution in [0.4, 0.5) is 0 Å². The molecular weight excluding hydrogens is 238 g/mol. The smallest absolute Gasteiger partial charge is 0.126 e. The zero-order chi connectivity index (χ0) is 13.2. The van der Waals surface area contributed by atoms with E-state index in [1.807, 2.05) is 27.8 Å². The number of rotatable bonds is 4. The van der Waals surface area contributed by atoms with Crippen molar-refractivity contribution in [3.8, 4) is 5.75 Å². The first-order valence-corrected chi connectivity index (χ1v) is 5.93. The lowest BCUT2D eigenvalue weighted by molar-refractivity contribution is 0.126. The van der Waals surface area contributed by atoms with Crippen LogP contribution in [0.3, 0.4) is 0 Å². The van der Waals surface area contributed by atoms with Crippen molar-refractivity contribution in [3.63, 3.8) is 0 Å². The van der Waals surface area contributed by atoms with Gasteiger partial charge in [0.2, 0.25) is 0 Å². The molecule has 0 saturated carbocycles. The van der Waals surface area contributed by atoms with Gasteiger partial charge in [0.15, 0.2) is 0 Å². The second-order valence-electron chi connectivity index (χ2n) is 4.36. The molecule has 3 nitrogen and oxygen atoms in total. The summed E-state index contributed by atoms with van der Waals surface area (Å²) in [5.41, 5.74) is 4.17. The topological polar surface area (TPSA) is 32.7 Å². The molecule has 0 unspecified atom stereocenters. The molecule has 1 aromatic carbocycles. The van der Waals surface area contributed by atoms with Crippen molar-refractivity contribution < 1.29 is 9.84 Å². The Morgan fingerprint density at radius 2 is 1.76 bits per heavy atom. The quantitative estimate of drug-likeness (QED) is 0.842. The third-order valence-corrected chi connectivity index (χ3v) is 3.73. The lowest BCUT2D eigenvalue weighted by Gasteiger charge is -2.21. The van der Waals surface area contributed by atoms with Gasteiger partial charge in [-0.3, -0.25) is 4.90 Å². The van der Waals surface area contributed by atoms with E-state index in [9.17, 15) is 0 Å². The summed E-state index contributed by atoms with van der Waals surface area (Å²) in [6.07, 6.45) is 0. The van der Waals surface area contributed by atoms with Gasteiger partial charge in [-0.05, 0) is 44.5 Å². The van der Waals surface area contributed by atoms with Crippen LogP contribution in [-0.2, 0) is 6.54 Å². The average Bonchev–Trinajstić information content (AvgIpc) is 2.33. The van der Waals surface area contributed by atoms with Gasteiger partial charge in [-0.25, -0.2) is 0 Å². The highest BCUT2D eigenvalue weighted by molar-refractivity contribution is 6.32. The normalized spacial score (nSPS) is 11.1. The van der Waals surface area contributed by atoms with Crippen molar-refractivity contribution in [2.24, 2.45) is 0 Å². The van der Waals surface area contributed by atoms with Crippen LogP contribution in [0.2, 0.25) is 5.02 Å². The van der Waals surface area contributed by atoms with Gasteiger partial charge in [0.25, 0.3) is 0 Å². The third kappa shape index (κ3) is 2.73. The largest absolute Gasteiger partial charge is 0.496 e. The molecular formula is C13H20ClNO2. The number of hydrogen-bond donors (Lipinski definition) is 1. The third-order valence-electron chi connectivity index (χ3n) is 3.16. The molecule has 0 aliphatic carbocycles. The van der Waals surface area contributed by atoms with Gasteiger partial charge in [0.1, 0.15) is 5.75 Å². The minimum atomic E-state index is 0.00708. The molecule has 0 saturated heterocycles. The molecule has 0 aliphatic heterocycles. The van der Waals surface area contributed by atoms with Gasteiger partial charge in [-0.1, -0.05) is 11.6 Å². The summed E-state index contributed by atoms with van der Waals surface area (Å²) in [6.45, 7) is 6.60. The van der Waals surface area contributed by atoms with Crippen LogP contribution in [-0.4, -0.2) is 30.9 Å². The highest BCUT2D eigenvalue weighted by Gasteiger charge is 2.17. The molecule has 1 rings (SSSR count). The maximum Gasteiger partial charge on any atom is 0.126 e. The molecule has 0 radical (unpaired) electrons. The van der Waals surface area contributed by atoms with Crippen molar-refractivity contribution in [2.75, 3.05) is 20.9 Å². The molecule has 4 heteroatoms. The molecule has 0 amide bonds. The Morgan fingerprint density at radius 1 is 1.18 bits per heavy atom. The van der Waals surface area contributed by atoms with Crippen LogP contribution < -0.4 is 4.74 Å². The van der Waals surface area contributed by atoms with Gasteiger partial charge < -0.3 is 9.84 Å². The van der Waals surface area contributed by atoms with E-state index >= 15 is 0 Å². The van der Waals surface area contributed by atoms with Crippen LogP contribution in [0.15, 0.2) is 0 Å². The molecule has 0 heterocycles. The monoisotopic (exact) mass is 257 g/mol. The van der Waals surface area contributed by atoms with E-state index in [0.29, 0.717) is 6.54 Å². The second kappa shape index (κ2) is 5.71. The van der Waals surface area contributed by atoms with Crippen LogP contribution in [0.1, 0.15) is 22.3 Å². The van der Waals surface area contributed by atoms with Crippen LogP contribution in [0, 0.1) is 20.8 Å². The molecule has 0 aliphatic rings. The predicted molar refractivity (Wildman–Crippen MR) is 70.8 cm³/mol. The summed E-state index contributed by atoms with van der Waals surface area (Å²) < 4.78 is 5.47. The molecule has 0 bridgehead atoms. The maximum atomic E-state index is 9.10. The van der Waals surface area contributed by atoms with Crippen molar-refractivity contribution in [2.45, 2.75) is 27.3 Å². The standard InChI is InChI=1S/C13H20ClNO2/c1-8-9(2)13(17-5)11(6-15(4)7-16)10(3)12(8)14/h16H,6-7H2,1-5H3. The maximum absolute atomic E-state index is 9.10. The number of ether oxygens (including phenoxy) is 1. The number of nitrogens with zero attached hydrogens (tertiary/aromatic N) is 1. The Kier molecular flexibility index (Phi) is 4.80. The number of hydrogen-bond acceptors (Lipinski definition) is 3. The Labute approximate surface area is 108 Å². The van der Waals surface area contributed by atoms with Crippen molar-refractivity contribution >= 4 is 11.6 Å². The Bertz CT molecular complexity index is 419. The average molecular weight is 258 g/mol. The van der Waals surface area contributed by atoms with E-state index in [1.165, 1.54) is 0 Å². The van der Waals surface area contributed by atoms with E-state index in [-0.39, 0.29) is 6.73 Å². The molecule has 0 aromatic heterocycles. The lowest BCUT2D eigenvalue weighted by Crippen LogP contribution is -2.20. The lowest BCUT2D eigenvalue weighted by atomic mass is 9.98. The van der Waals surface area contributed by atoms with E-state index in [0.717, 1.165) is 33.0 Å². The highest BCUT2D eigenvalue weighted by Crippen LogP contribution is 2.36. The number of aliphatic hydroxyl groups is 1. The second-order valence-corrected chi connectivity index (χ2v) is 4.73. The summed E-state index contributed by atoms with van der Waals surface area (Å²) in [6, 6.07) is 0. The molecule has 0 atom stereocenters. The summed E-state index contributed by atoms with van der Waals surface area (Å²) in [5.74, 6) is 0.865. The van der Waals surface area contributed by atoms with E-state index < -0.39 is 0 Å². The molecule has 1 aromatic rings. The van der Waals surface area contributed by atoms with E-state index in [4.69, 9.17) is 21.4 Å². The molecule has 0 fully saturated rings. The highest BCUT2D eigenvalue weighted by atomic mass is 35.5. The van der Waals surface area contributed by atoms with Crippen molar-refractivity contribution in [3.05, 3.63) is 27.3 Å². The zero-order valence-electron chi connectivity index (χ0n) is 11.1. The molecule has 0 spiro atoms. The SMILES string of the molecule is COc1c(C)c(C)c(Cl)c(C)c1CN(C)CO. The summed E-state index contributed by atoms with van der Waals surface area (Å²) >= 11 is 6.31.